The summed E-state index contributed by atoms with van der Waals surface area (Å²) in [4.78, 5) is 26.2. The standard InChI is InChI=1S/C17H20N2O5S2/c20-16(14-11-3-4-12(10-11)15(14)17(21)22)18-5-7-19(8-6-18)26(23,24)13-2-1-9-25-13/h1-4,9,11-12,14-15H,5-8,10H2,(H,21,22)/t11-,12+,14-,15+/m0/s1. The number of allylic oxidation sites excluding steroid dienone is 2. The van der Waals surface area contributed by atoms with Gasteiger partial charge in [-0.25, -0.2) is 8.42 Å². The molecule has 2 aliphatic carbocycles. The van der Waals surface area contributed by atoms with Crippen LogP contribution in [0.15, 0.2) is 33.9 Å². The van der Waals surface area contributed by atoms with Crippen LogP contribution in [0.3, 0.4) is 0 Å². The van der Waals surface area contributed by atoms with Gasteiger partial charge in [-0.05, 0) is 29.7 Å². The van der Waals surface area contributed by atoms with Gasteiger partial charge in [-0.1, -0.05) is 18.2 Å². The molecule has 0 unspecified atom stereocenters. The van der Waals surface area contributed by atoms with Crippen LogP contribution in [0.1, 0.15) is 6.42 Å². The molecule has 9 heteroatoms. The smallest absolute Gasteiger partial charge is 0.307 e. The lowest BCUT2D eigenvalue weighted by atomic mass is 9.82. The summed E-state index contributed by atoms with van der Waals surface area (Å²) in [6.45, 7) is 1.07. The third-order valence-corrected chi connectivity index (χ3v) is 8.94. The molecule has 3 aliphatic rings. The van der Waals surface area contributed by atoms with Crippen molar-refractivity contribution in [3.63, 3.8) is 0 Å². The summed E-state index contributed by atoms with van der Waals surface area (Å²) in [5.41, 5.74) is 0. The van der Waals surface area contributed by atoms with Gasteiger partial charge in [0.2, 0.25) is 5.91 Å². The average Bonchev–Trinajstić information content (AvgIpc) is 3.37. The van der Waals surface area contributed by atoms with Crippen molar-refractivity contribution in [1.82, 2.24) is 9.21 Å². The number of sulfonamides is 1. The second-order valence-corrected chi connectivity index (χ2v) is 10.1. The number of hydrogen-bond donors (Lipinski definition) is 1. The molecule has 1 aliphatic heterocycles. The lowest BCUT2D eigenvalue weighted by molar-refractivity contribution is -0.151. The Morgan fingerprint density at radius 2 is 1.73 bits per heavy atom. The summed E-state index contributed by atoms with van der Waals surface area (Å²) < 4.78 is 26.9. The Kier molecular flexibility index (Phi) is 4.40. The number of hydrogen-bond acceptors (Lipinski definition) is 5. The minimum atomic E-state index is -3.51. The first kappa shape index (κ1) is 17.7. The molecule has 1 N–H and O–H groups in total. The predicted octanol–water partition coefficient (Wildman–Crippen LogP) is 1.10. The third kappa shape index (κ3) is 2.78. The number of fused-ring (bicyclic) bond motifs is 2. The molecule has 2 fully saturated rings. The van der Waals surface area contributed by atoms with Crippen molar-refractivity contribution in [2.45, 2.75) is 10.6 Å². The Bertz CT molecular complexity index is 841. The fourth-order valence-corrected chi connectivity index (χ4v) is 6.96. The van der Waals surface area contributed by atoms with Crippen molar-refractivity contribution < 1.29 is 23.1 Å². The number of rotatable bonds is 4. The number of carboxylic acid groups (broad SMARTS) is 1. The van der Waals surface area contributed by atoms with E-state index in [1.807, 2.05) is 12.2 Å². The summed E-state index contributed by atoms with van der Waals surface area (Å²) in [6, 6.07) is 3.28. The Balaban J connectivity index is 1.44. The van der Waals surface area contributed by atoms with Crippen LogP contribution >= 0.6 is 11.3 Å². The fraction of sp³-hybridized carbons (Fsp3) is 0.529. The van der Waals surface area contributed by atoms with Crippen LogP contribution < -0.4 is 0 Å². The number of carbonyl (C=O) groups is 2. The van der Waals surface area contributed by atoms with Gasteiger partial charge in [0.1, 0.15) is 4.21 Å². The minimum Gasteiger partial charge on any atom is -0.481 e. The number of carboxylic acids is 1. The van der Waals surface area contributed by atoms with E-state index in [-0.39, 0.29) is 30.8 Å². The summed E-state index contributed by atoms with van der Waals surface area (Å²) >= 11 is 1.18. The van der Waals surface area contributed by atoms with Crippen molar-refractivity contribution >= 4 is 33.2 Å². The van der Waals surface area contributed by atoms with Crippen LogP contribution in [0, 0.1) is 23.7 Å². The van der Waals surface area contributed by atoms with Crippen LogP contribution in [0.25, 0.3) is 0 Å². The quantitative estimate of drug-likeness (QED) is 0.769. The zero-order chi connectivity index (χ0) is 18.5. The largest absolute Gasteiger partial charge is 0.481 e. The lowest BCUT2D eigenvalue weighted by Gasteiger charge is -2.37. The Hall–Kier alpha value is -1.71. The number of aliphatic carboxylic acids is 1. The Morgan fingerprint density at radius 3 is 2.31 bits per heavy atom. The van der Waals surface area contributed by atoms with Gasteiger partial charge in [0.05, 0.1) is 11.8 Å². The molecule has 26 heavy (non-hydrogen) atoms. The summed E-state index contributed by atoms with van der Waals surface area (Å²) in [6.07, 6.45) is 4.60. The number of piperazine rings is 1. The molecule has 140 valence electrons. The molecule has 1 aromatic rings. The van der Waals surface area contributed by atoms with E-state index < -0.39 is 27.8 Å². The van der Waals surface area contributed by atoms with Crippen molar-refractivity contribution in [1.29, 1.82) is 0 Å². The topological polar surface area (TPSA) is 95.0 Å². The molecule has 1 aromatic heterocycles. The number of thiophene rings is 1. The van der Waals surface area contributed by atoms with Gasteiger partial charge < -0.3 is 10.0 Å². The van der Waals surface area contributed by atoms with E-state index in [4.69, 9.17) is 0 Å². The van der Waals surface area contributed by atoms with Crippen LogP contribution in [0.2, 0.25) is 0 Å². The highest BCUT2D eigenvalue weighted by molar-refractivity contribution is 7.91. The van der Waals surface area contributed by atoms with E-state index in [0.717, 1.165) is 6.42 Å². The number of nitrogens with zero attached hydrogens (tertiary/aromatic N) is 2. The first-order chi connectivity index (χ1) is 12.4. The normalized spacial score (nSPS) is 31.5. The average molecular weight is 396 g/mol. The van der Waals surface area contributed by atoms with Gasteiger partial charge in [0.25, 0.3) is 10.0 Å². The Labute approximate surface area is 156 Å². The molecule has 2 heterocycles. The van der Waals surface area contributed by atoms with E-state index in [1.165, 1.54) is 15.6 Å². The summed E-state index contributed by atoms with van der Waals surface area (Å²) in [7, 11) is -3.51. The minimum absolute atomic E-state index is 0.0125. The van der Waals surface area contributed by atoms with E-state index >= 15 is 0 Å². The van der Waals surface area contributed by atoms with Crippen LogP contribution in [-0.4, -0.2) is 60.8 Å². The molecule has 7 nitrogen and oxygen atoms in total. The highest BCUT2D eigenvalue weighted by atomic mass is 32.2. The van der Waals surface area contributed by atoms with E-state index in [9.17, 15) is 23.1 Å². The number of carbonyl (C=O) groups excluding carboxylic acids is 1. The maximum absolute atomic E-state index is 13.0. The SMILES string of the molecule is O=C(O)[C@H]1[C@@H](C(=O)N2CCN(S(=O)(=O)c3cccs3)CC2)[C@H]2C=C[C@@H]1C2. The van der Waals surface area contributed by atoms with Gasteiger partial charge in [-0.15, -0.1) is 11.3 Å². The van der Waals surface area contributed by atoms with Crippen LogP contribution in [0.4, 0.5) is 0 Å². The zero-order valence-electron chi connectivity index (χ0n) is 14.0. The predicted molar refractivity (Wildman–Crippen MR) is 95.0 cm³/mol. The van der Waals surface area contributed by atoms with E-state index in [2.05, 4.69) is 0 Å². The molecular weight excluding hydrogens is 376 g/mol. The van der Waals surface area contributed by atoms with Crippen molar-refractivity contribution in [2.75, 3.05) is 26.2 Å². The van der Waals surface area contributed by atoms with Crippen molar-refractivity contribution in [3.8, 4) is 0 Å². The molecule has 1 saturated carbocycles. The maximum atomic E-state index is 13.0. The molecule has 4 atom stereocenters. The molecule has 0 aromatic carbocycles. The van der Waals surface area contributed by atoms with E-state index in [0.29, 0.717) is 17.3 Å². The molecule has 4 rings (SSSR count). The first-order valence-electron chi connectivity index (χ1n) is 8.63. The van der Waals surface area contributed by atoms with E-state index in [1.54, 1.807) is 22.4 Å². The lowest BCUT2D eigenvalue weighted by Crippen LogP contribution is -2.53. The van der Waals surface area contributed by atoms with Gasteiger partial charge in [0, 0.05) is 26.2 Å². The molecule has 1 saturated heterocycles. The van der Waals surface area contributed by atoms with Gasteiger partial charge in [-0.3, -0.25) is 9.59 Å². The fourth-order valence-electron chi connectivity index (χ4n) is 4.39. The Morgan fingerprint density at radius 1 is 1.08 bits per heavy atom. The summed E-state index contributed by atoms with van der Waals surface area (Å²) in [5, 5.41) is 11.2. The van der Waals surface area contributed by atoms with Gasteiger partial charge >= 0.3 is 5.97 Å². The molecule has 0 radical (unpaired) electrons. The molecular formula is C17H20N2O5S2. The van der Waals surface area contributed by atoms with Gasteiger partial charge in [0.15, 0.2) is 0 Å². The molecule has 2 bridgehead atoms. The van der Waals surface area contributed by atoms with Crippen LogP contribution in [-0.2, 0) is 19.6 Å². The molecule has 0 spiro atoms. The third-order valence-electron chi connectivity index (χ3n) is 5.67. The highest BCUT2D eigenvalue weighted by Crippen LogP contribution is 2.48. The monoisotopic (exact) mass is 396 g/mol. The maximum Gasteiger partial charge on any atom is 0.307 e. The van der Waals surface area contributed by atoms with Crippen molar-refractivity contribution in [3.05, 3.63) is 29.7 Å². The zero-order valence-corrected chi connectivity index (χ0v) is 15.7. The second-order valence-electron chi connectivity index (χ2n) is 7.00. The first-order valence-corrected chi connectivity index (χ1v) is 10.9. The molecule has 1 amide bonds. The second kappa shape index (κ2) is 6.47. The summed E-state index contributed by atoms with van der Waals surface area (Å²) in [5.74, 6) is -2.33. The number of amides is 1. The van der Waals surface area contributed by atoms with Gasteiger partial charge in [-0.2, -0.15) is 4.31 Å². The van der Waals surface area contributed by atoms with Crippen molar-refractivity contribution in [2.24, 2.45) is 23.7 Å². The van der Waals surface area contributed by atoms with Crippen LogP contribution in [0.5, 0.6) is 0 Å². The highest BCUT2D eigenvalue weighted by Gasteiger charge is 2.52.